The fourth-order valence-corrected chi connectivity index (χ4v) is 1.35. The Labute approximate surface area is 91.2 Å². The molecule has 0 bridgehead atoms. The van der Waals surface area contributed by atoms with Crippen LogP contribution in [0.5, 0.6) is 0 Å². The molecule has 2 aromatic rings. The van der Waals surface area contributed by atoms with Crippen LogP contribution in [0, 0.1) is 0 Å². The van der Waals surface area contributed by atoms with Gasteiger partial charge >= 0.3 is 0 Å². The quantitative estimate of drug-likeness (QED) is 0.686. The summed E-state index contributed by atoms with van der Waals surface area (Å²) >= 11 is 5.66. The summed E-state index contributed by atoms with van der Waals surface area (Å²) in [5.74, 6) is 0. The summed E-state index contributed by atoms with van der Waals surface area (Å²) < 4.78 is 1.49. The Morgan fingerprint density at radius 1 is 1.40 bits per heavy atom. The normalized spacial score (nSPS) is 10.3. The molecule has 0 saturated heterocycles. The Kier molecular flexibility index (Phi) is 2.51. The lowest BCUT2D eigenvalue weighted by molar-refractivity contribution is 0.861. The lowest BCUT2D eigenvalue weighted by Crippen LogP contribution is -2.14. The van der Waals surface area contributed by atoms with Crippen LogP contribution in [0.15, 0.2) is 35.4 Å². The van der Waals surface area contributed by atoms with Crippen LogP contribution in [0.2, 0.25) is 5.28 Å². The van der Waals surface area contributed by atoms with Crippen molar-refractivity contribution in [3.05, 3.63) is 46.2 Å². The van der Waals surface area contributed by atoms with E-state index in [2.05, 4.69) is 9.97 Å². The first-order chi connectivity index (χ1) is 7.16. The van der Waals surface area contributed by atoms with Gasteiger partial charge in [-0.2, -0.15) is 0 Å². The highest BCUT2D eigenvalue weighted by atomic mass is 35.5. The number of hydrogen-bond donors (Lipinski definition) is 0. The highest BCUT2D eigenvalue weighted by Gasteiger charge is 2.01. The number of hydrogen-bond acceptors (Lipinski definition) is 3. The van der Waals surface area contributed by atoms with Gasteiger partial charge in [-0.1, -0.05) is 0 Å². The number of pyridine rings is 1. The van der Waals surface area contributed by atoms with Crippen LogP contribution < -0.4 is 5.56 Å². The van der Waals surface area contributed by atoms with Crippen LogP contribution in [-0.4, -0.2) is 14.5 Å². The molecule has 0 unspecified atom stereocenters. The maximum Gasteiger partial charge on any atom is 0.250 e. The number of aryl methyl sites for hydroxylation is 1. The minimum atomic E-state index is -0.0813. The molecule has 0 aliphatic rings. The van der Waals surface area contributed by atoms with Gasteiger partial charge in [0.05, 0.1) is 5.69 Å². The van der Waals surface area contributed by atoms with Gasteiger partial charge in [0, 0.05) is 31.1 Å². The van der Waals surface area contributed by atoms with Gasteiger partial charge in [-0.15, -0.1) is 0 Å². The molecule has 0 aliphatic carbocycles. The van der Waals surface area contributed by atoms with E-state index >= 15 is 0 Å². The van der Waals surface area contributed by atoms with Crippen LogP contribution in [0.3, 0.4) is 0 Å². The Balaban J connectivity index is 2.55. The summed E-state index contributed by atoms with van der Waals surface area (Å²) in [6, 6.07) is 5.03. The fourth-order valence-electron chi connectivity index (χ4n) is 1.20. The predicted molar refractivity (Wildman–Crippen MR) is 57.7 cm³/mol. The van der Waals surface area contributed by atoms with Crippen molar-refractivity contribution in [1.29, 1.82) is 0 Å². The van der Waals surface area contributed by atoms with E-state index in [-0.39, 0.29) is 10.8 Å². The summed E-state index contributed by atoms with van der Waals surface area (Å²) in [6.07, 6.45) is 3.25. The molecule has 0 radical (unpaired) electrons. The molecule has 0 atom stereocenters. The summed E-state index contributed by atoms with van der Waals surface area (Å²) in [5, 5.41) is 0.174. The molecule has 2 heterocycles. The molecular weight excluding hydrogens is 214 g/mol. The van der Waals surface area contributed by atoms with Crippen molar-refractivity contribution in [3.8, 4) is 11.3 Å². The third-order valence-corrected chi connectivity index (χ3v) is 2.21. The second-order valence-corrected chi connectivity index (χ2v) is 3.41. The van der Waals surface area contributed by atoms with E-state index in [1.165, 1.54) is 10.6 Å². The zero-order chi connectivity index (χ0) is 10.8. The van der Waals surface area contributed by atoms with Crippen LogP contribution in [0.25, 0.3) is 11.3 Å². The van der Waals surface area contributed by atoms with Crippen LogP contribution >= 0.6 is 11.6 Å². The minimum absolute atomic E-state index is 0.0813. The van der Waals surface area contributed by atoms with E-state index in [1.807, 2.05) is 0 Å². The molecule has 0 saturated carbocycles. The molecule has 5 heteroatoms. The zero-order valence-corrected chi connectivity index (χ0v) is 8.77. The predicted octanol–water partition coefficient (Wildman–Crippen LogP) is 1.50. The van der Waals surface area contributed by atoms with Crippen molar-refractivity contribution < 1.29 is 0 Å². The van der Waals surface area contributed by atoms with Crippen molar-refractivity contribution in [1.82, 2.24) is 14.5 Å². The van der Waals surface area contributed by atoms with Gasteiger partial charge < -0.3 is 4.57 Å². The highest BCUT2D eigenvalue weighted by Crippen LogP contribution is 2.14. The first kappa shape index (κ1) is 9.86. The summed E-state index contributed by atoms with van der Waals surface area (Å²) in [6.45, 7) is 0. The molecular formula is C10H8ClN3O. The lowest BCUT2D eigenvalue weighted by atomic mass is 10.2. The standard InChI is InChI=1S/C10H8ClN3O/c1-14-5-3-7(6-9(14)15)8-2-4-12-10(11)13-8/h2-6H,1H3. The van der Waals surface area contributed by atoms with E-state index < -0.39 is 0 Å². The molecule has 0 amide bonds. The van der Waals surface area contributed by atoms with E-state index in [4.69, 9.17) is 11.6 Å². The molecule has 0 aliphatic heterocycles. The molecule has 76 valence electrons. The number of halogens is 1. The van der Waals surface area contributed by atoms with Crippen molar-refractivity contribution in [2.45, 2.75) is 0 Å². The largest absolute Gasteiger partial charge is 0.319 e. The van der Waals surface area contributed by atoms with E-state index in [0.29, 0.717) is 5.69 Å². The third-order valence-electron chi connectivity index (χ3n) is 2.03. The molecule has 4 nitrogen and oxygen atoms in total. The fraction of sp³-hybridized carbons (Fsp3) is 0.100. The van der Waals surface area contributed by atoms with Crippen LogP contribution in [-0.2, 0) is 7.05 Å². The number of aromatic nitrogens is 3. The van der Waals surface area contributed by atoms with Crippen molar-refractivity contribution in [3.63, 3.8) is 0 Å². The van der Waals surface area contributed by atoms with Gasteiger partial charge in [-0.25, -0.2) is 9.97 Å². The van der Waals surface area contributed by atoms with Gasteiger partial charge in [-0.3, -0.25) is 4.79 Å². The van der Waals surface area contributed by atoms with Crippen molar-refractivity contribution in [2.75, 3.05) is 0 Å². The molecule has 2 aromatic heterocycles. The van der Waals surface area contributed by atoms with Gasteiger partial charge in [0.15, 0.2) is 0 Å². The molecule has 0 spiro atoms. The first-order valence-corrected chi connectivity index (χ1v) is 4.70. The van der Waals surface area contributed by atoms with Gasteiger partial charge in [-0.05, 0) is 23.7 Å². The van der Waals surface area contributed by atoms with Crippen LogP contribution in [0.4, 0.5) is 0 Å². The Morgan fingerprint density at radius 3 is 2.87 bits per heavy atom. The lowest BCUT2D eigenvalue weighted by Gasteiger charge is -2.01. The van der Waals surface area contributed by atoms with Crippen LogP contribution in [0.1, 0.15) is 0 Å². The second kappa shape index (κ2) is 3.82. The zero-order valence-electron chi connectivity index (χ0n) is 8.01. The molecule has 0 aromatic carbocycles. The van der Waals surface area contributed by atoms with Crippen molar-refractivity contribution in [2.24, 2.45) is 7.05 Å². The highest BCUT2D eigenvalue weighted by molar-refractivity contribution is 6.28. The molecule has 15 heavy (non-hydrogen) atoms. The number of nitrogens with zero attached hydrogens (tertiary/aromatic N) is 3. The first-order valence-electron chi connectivity index (χ1n) is 4.32. The Bertz CT molecular complexity index is 550. The van der Waals surface area contributed by atoms with Gasteiger partial charge in [0.25, 0.3) is 5.56 Å². The molecule has 0 fully saturated rings. The maximum absolute atomic E-state index is 11.4. The molecule has 0 N–H and O–H groups in total. The smallest absolute Gasteiger partial charge is 0.250 e. The average molecular weight is 222 g/mol. The van der Waals surface area contributed by atoms with E-state index in [9.17, 15) is 4.79 Å². The number of rotatable bonds is 1. The SMILES string of the molecule is Cn1ccc(-c2ccnc(Cl)n2)cc1=O. The summed E-state index contributed by atoms with van der Waals surface area (Å²) in [4.78, 5) is 19.2. The third kappa shape index (κ3) is 2.05. The van der Waals surface area contributed by atoms with E-state index in [1.54, 1.807) is 31.6 Å². The summed E-state index contributed by atoms with van der Waals surface area (Å²) in [7, 11) is 1.69. The minimum Gasteiger partial charge on any atom is -0.319 e. The second-order valence-electron chi connectivity index (χ2n) is 3.08. The molecule has 2 rings (SSSR count). The van der Waals surface area contributed by atoms with Gasteiger partial charge in [0.2, 0.25) is 5.28 Å². The average Bonchev–Trinajstić information content (AvgIpc) is 2.22. The van der Waals surface area contributed by atoms with Gasteiger partial charge in [0.1, 0.15) is 0 Å². The van der Waals surface area contributed by atoms with E-state index in [0.717, 1.165) is 5.56 Å². The Hall–Kier alpha value is -1.68. The Morgan fingerprint density at radius 2 is 2.20 bits per heavy atom. The topological polar surface area (TPSA) is 47.8 Å². The summed E-state index contributed by atoms with van der Waals surface area (Å²) in [5.41, 5.74) is 1.30. The monoisotopic (exact) mass is 221 g/mol. The maximum atomic E-state index is 11.4. The van der Waals surface area contributed by atoms with Crippen molar-refractivity contribution >= 4 is 11.6 Å².